The molecule has 0 saturated carbocycles. The highest BCUT2D eigenvalue weighted by Crippen LogP contribution is 2.30. The number of thioether (sulfide) groups is 1. The zero-order valence-corrected chi connectivity index (χ0v) is 16.3. The number of anilines is 1. The Bertz CT molecular complexity index is 789. The summed E-state index contributed by atoms with van der Waals surface area (Å²) in [6.07, 6.45) is 5.92. The van der Waals surface area contributed by atoms with Crippen LogP contribution in [0.4, 0.5) is 5.82 Å². The van der Waals surface area contributed by atoms with Crippen molar-refractivity contribution in [2.75, 3.05) is 36.9 Å². The first-order valence-electron chi connectivity index (χ1n) is 9.82. The van der Waals surface area contributed by atoms with Crippen molar-refractivity contribution in [2.24, 2.45) is 0 Å². The molecule has 0 spiro atoms. The lowest BCUT2D eigenvalue weighted by Crippen LogP contribution is -2.33. The van der Waals surface area contributed by atoms with Crippen LogP contribution in [0.5, 0.6) is 0 Å². The highest BCUT2D eigenvalue weighted by Gasteiger charge is 2.20. The molecule has 0 bridgehead atoms. The topological polar surface area (TPSA) is 67.4 Å². The van der Waals surface area contributed by atoms with Crippen LogP contribution in [0.3, 0.4) is 0 Å². The van der Waals surface area contributed by atoms with E-state index in [1.807, 2.05) is 24.3 Å². The zero-order valence-electron chi connectivity index (χ0n) is 15.5. The molecule has 144 valence electrons. The van der Waals surface area contributed by atoms with Gasteiger partial charge in [-0.25, -0.2) is 9.97 Å². The summed E-state index contributed by atoms with van der Waals surface area (Å²) in [5.74, 6) is 1.29. The summed E-state index contributed by atoms with van der Waals surface area (Å²) in [4.78, 5) is 24.3. The lowest BCUT2D eigenvalue weighted by Gasteiger charge is -2.29. The Kier molecular flexibility index (Phi) is 6.09. The van der Waals surface area contributed by atoms with Crippen molar-refractivity contribution in [3.8, 4) is 0 Å². The van der Waals surface area contributed by atoms with E-state index in [0.717, 1.165) is 54.4 Å². The largest absolute Gasteiger partial charge is 0.376 e. The van der Waals surface area contributed by atoms with Gasteiger partial charge in [0.1, 0.15) is 5.03 Å². The predicted octanol–water partition coefficient (Wildman–Crippen LogP) is 3.01. The number of amides is 1. The molecule has 0 radical (unpaired) electrons. The molecule has 3 heterocycles. The van der Waals surface area contributed by atoms with Crippen LogP contribution in [0.1, 0.15) is 32.1 Å². The van der Waals surface area contributed by atoms with Crippen LogP contribution in [0.15, 0.2) is 29.3 Å². The molecule has 0 unspecified atom stereocenters. The summed E-state index contributed by atoms with van der Waals surface area (Å²) in [6.45, 7) is 3.42. The van der Waals surface area contributed by atoms with E-state index >= 15 is 0 Å². The molecular formula is C20H26N4O2S. The Morgan fingerprint density at radius 2 is 1.93 bits per heavy atom. The van der Waals surface area contributed by atoms with Crippen molar-refractivity contribution in [1.82, 2.24) is 15.3 Å². The Balaban J connectivity index is 1.46. The number of benzene rings is 1. The number of hydrogen-bond donors (Lipinski definition) is 1. The Labute approximate surface area is 164 Å². The number of ether oxygens (including phenoxy) is 1. The first kappa shape index (κ1) is 18.5. The van der Waals surface area contributed by atoms with E-state index in [-0.39, 0.29) is 12.0 Å². The summed E-state index contributed by atoms with van der Waals surface area (Å²) in [5.41, 5.74) is 1.78. The lowest BCUT2D eigenvalue weighted by atomic mass is 10.1. The molecule has 6 nitrogen and oxygen atoms in total. The van der Waals surface area contributed by atoms with Gasteiger partial charge in [0.2, 0.25) is 5.91 Å². The first-order valence-corrected chi connectivity index (χ1v) is 10.8. The number of carbonyl (C=O) groups is 1. The molecule has 1 atom stereocenters. The Morgan fingerprint density at radius 3 is 2.67 bits per heavy atom. The van der Waals surface area contributed by atoms with Crippen LogP contribution in [0.25, 0.3) is 11.0 Å². The van der Waals surface area contributed by atoms with Crippen molar-refractivity contribution < 1.29 is 9.53 Å². The van der Waals surface area contributed by atoms with Gasteiger partial charge in [-0.1, -0.05) is 23.9 Å². The first-order chi connectivity index (χ1) is 13.3. The number of piperidine rings is 1. The molecule has 2 saturated heterocycles. The number of aromatic nitrogens is 2. The minimum absolute atomic E-state index is 0.0232. The van der Waals surface area contributed by atoms with E-state index in [9.17, 15) is 4.79 Å². The predicted molar refractivity (Wildman–Crippen MR) is 108 cm³/mol. The van der Waals surface area contributed by atoms with E-state index < -0.39 is 0 Å². The second-order valence-electron chi connectivity index (χ2n) is 7.12. The van der Waals surface area contributed by atoms with Crippen LogP contribution in [0.2, 0.25) is 0 Å². The maximum atomic E-state index is 12.3. The SMILES string of the molecule is O=C(CSc1nc2ccccc2nc1N1CCCCC1)NC[C@H]1CCCO1. The molecule has 1 amide bonds. The standard InChI is InChI=1S/C20H26N4O2S/c25-18(21-13-15-7-6-12-26-15)14-27-20-19(24-10-4-1-5-11-24)22-16-8-2-3-9-17(16)23-20/h2-3,8-9,15H,1,4-7,10-14H2,(H,21,25)/t15-/m1/s1. The second kappa shape index (κ2) is 8.89. The van der Waals surface area contributed by atoms with Crippen molar-refractivity contribution in [1.29, 1.82) is 0 Å². The molecule has 2 aliphatic heterocycles. The van der Waals surface area contributed by atoms with Crippen molar-refractivity contribution in [3.05, 3.63) is 24.3 Å². The quantitative estimate of drug-likeness (QED) is 0.770. The number of fused-ring (bicyclic) bond motifs is 1. The smallest absolute Gasteiger partial charge is 0.230 e. The van der Waals surface area contributed by atoms with Gasteiger partial charge in [-0.2, -0.15) is 0 Å². The number of para-hydroxylation sites is 2. The molecule has 2 aromatic rings. The average molecular weight is 387 g/mol. The van der Waals surface area contributed by atoms with E-state index in [1.54, 1.807) is 0 Å². The summed E-state index contributed by atoms with van der Waals surface area (Å²) in [5, 5.41) is 3.83. The fourth-order valence-corrected chi connectivity index (χ4v) is 4.44. The lowest BCUT2D eigenvalue weighted by molar-refractivity contribution is -0.119. The molecule has 7 heteroatoms. The van der Waals surface area contributed by atoms with Crippen molar-refractivity contribution >= 4 is 34.5 Å². The molecular weight excluding hydrogens is 360 g/mol. The van der Waals surface area contributed by atoms with Crippen LogP contribution in [-0.2, 0) is 9.53 Å². The van der Waals surface area contributed by atoms with Gasteiger partial charge in [-0.05, 0) is 44.2 Å². The molecule has 2 fully saturated rings. The monoisotopic (exact) mass is 386 g/mol. The normalized spacial score (nSPS) is 20.1. The summed E-state index contributed by atoms with van der Waals surface area (Å²) < 4.78 is 5.56. The second-order valence-corrected chi connectivity index (χ2v) is 8.08. The van der Waals surface area contributed by atoms with Crippen LogP contribution >= 0.6 is 11.8 Å². The van der Waals surface area contributed by atoms with Gasteiger partial charge in [0, 0.05) is 26.2 Å². The average Bonchev–Trinajstić information content (AvgIpc) is 3.24. The van der Waals surface area contributed by atoms with Gasteiger partial charge in [0.15, 0.2) is 5.82 Å². The maximum Gasteiger partial charge on any atom is 0.230 e. The highest BCUT2D eigenvalue weighted by molar-refractivity contribution is 8.00. The number of nitrogens with zero attached hydrogens (tertiary/aromatic N) is 3. The van der Waals surface area contributed by atoms with Gasteiger partial charge in [0.05, 0.1) is 22.9 Å². The maximum absolute atomic E-state index is 12.3. The minimum atomic E-state index is 0.0232. The molecule has 0 aliphatic carbocycles. The summed E-state index contributed by atoms with van der Waals surface area (Å²) in [7, 11) is 0. The number of carbonyl (C=O) groups excluding carboxylic acids is 1. The van der Waals surface area contributed by atoms with Gasteiger partial charge in [-0.15, -0.1) is 0 Å². The number of hydrogen-bond acceptors (Lipinski definition) is 6. The number of nitrogens with one attached hydrogen (secondary N) is 1. The van der Waals surface area contributed by atoms with E-state index in [4.69, 9.17) is 14.7 Å². The molecule has 4 rings (SSSR count). The fraction of sp³-hybridized carbons (Fsp3) is 0.550. The molecule has 1 aromatic heterocycles. The van der Waals surface area contributed by atoms with Crippen LogP contribution in [0, 0.1) is 0 Å². The van der Waals surface area contributed by atoms with Gasteiger partial charge in [-0.3, -0.25) is 4.79 Å². The van der Waals surface area contributed by atoms with Crippen molar-refractivity contribution in [3.63, 3.8) is 0 Å². The molecule has 1 aromatic carbocycles. The van der Waals surface area contributed by atoms with Gasteiger partial charge in [0.25, 0.3) is 0 Å². The van der Waals surface area contributed by atoms with Crippen LogP contribution < -0.4 is 10.2 Å². The minimum Gasteiger partial charge on any atom is -0.376 e. The molecule has 2 aliphatic rings. The third kappa shape index (κ3) is 4.71. The fourth-order valence-electron chi connectivity index (χ4n) is 3.60. The highest BCUT2D eigenvalue weighted by atomic mass is 32.2. The van der Waals surface area contributed by atoms with Gasteiger partial charge >= 0.3 is 0 Å². The van der Waals surface area contributed by atoms with E-state index in [0.29, 0.717) is 12.3 Å². The summed E-state index contributed by atoms with van der Waals surface area (Å²) in [6, 6.07) is 7.94. The summed E-state index contributed by atoms with van der Waals surface area (Å²) >= 11 is 1.48. The third-order valence-corrected chi connectivity index (χ3v) is 6.02. The molecule has 27 heavy (non-hydrogen) atoms. The van der Waals surface area contributed by atoms with Crippen molar-refractivity contribution in [2.45, 2.75) is 43.2 Å². The van der Waals surface area contributed by atoms with Gasteiger partial charge < -0.3 is 15.0 Å². The third-order valence-electron chi connectivity index (χ3n) is 5.07. The number of rotatable bonds is 6. The van der Waals surface area contributed by atoms with Crippen LogP contribution in [-0.4, -0.2) is 54.0 Å². The Hall–Kier alpha value is -1.86. The molecule has 1 N–H and O–H groups in total. The zero-order chi connectivity index (χ0) is 18.5. The van der Waals surface area contributed by atoms with E-state index in [1.165, 1.54) is 31.0 Å². The Morgan fingerprint density at radius 1 is 1.15 bits per heavy atom. The van der Waals surface area contributed by atoms with E-state index in [2.05, 4.69) is 10.2 Å².